The Morgan fingerprint density at radius 2 is 1.95 bits per heavy atom. The molecule has 1 atom stereocenters. The number of nitrogens with zero attached hydrogens (tertiary/aromatic N) is 2. The van der Waals surface area contributed by atoms with Crippen LogP contribution < -0.4 is 5.32 Å². The smallest absolute Gasteiger partial charge is 0.0958 e. The van der Waals surface area contributed by atoms with E-state index in [1.54, 1.807) is 0 Å². The van der Waals surface area contributed by atoms with Gasteiger partial charge in [0, 0.05) is 12.6 Å². The molecule has 0 spiro atoms. The summed E-state index contributed by atoms with van der Waals surface area (Å²) in [4.78, 5) is 4.57. The molecule has 1 saturated carbocycles. The maximum atomic E-state index is 4.57. The molecule has 1 aliphatic carbocycles. The zero-order valence-corrected chi connectivity index (χ0v) is 12.8. The predicted octanol–water partition coefficient (Wildman–Crippen LogP) is 3.43. The summed E-state index contributed by atoms with van der Waals surface area (Å²) in [6.45, 7) is 5.36. The number of imidazole rings is 1. The lowest BCUT2D eigenvalue weighted by molar-refractivity contribution is 0.343. The first-order chi connectivity index (χ1) is 9.69. The van der Waals surface area contributed by atoms with Crippen LogP contribution in [0.4, 0.5) is 0 Å². The van der Waals surface area contributed by atoms with Crippen molar-refractivity contribution in [3.8, 4) is 0 Å². The van der Waals surface area contributed by atoms with Gasteiger partial charge in [-0.2, -0.15) is 0 Å². The topological polar surface area (TPSA) is 29.9 Å². The second-order valence-corrected chi connectivity index (χ2v) is 6.26. The molecule has 3 rings (SSSR count). The lowest BCUT2D eigenvalue weighted by atomic mass is 9.98. The van der Waals surface area contributed by atoms with Gasteiger partial charge in [-0.05, 0) is 62.9 Å². The van der Waals surface area contributed by atoms with Gasteiger partial charge in [-0.25, -0.2) is 4.98 Å². The van der Waals surface area contributed by atoms with Crippen molar-refractivity contribution in [2.24, 2.45) is 5.92 Å². The fourth-order valence-electron chi connectivity index (χ4n) is 3.51. The van der Waals surface area contributed by atoms with E-state index in [0.717, 1.165) is 18.0 Å². The normalized spacial score (nSPS) is 17.9. The lowest BCUT2D eigenvalue weighted by Gasteiger charge is -2.23. The molecule has 1 N–H and O–H groups in total. The van der Waals surface area contributed by atoms with Crippen LogP contribution in [0.25, 0.3) is 11.0 Å². The summed E-state index contributed by atoms with van der Waals surface area (Å²) in [5, 5.41) is 3.52. The number of benzene rings is 1. The van der Waals surface area contributed by atoms with E-state index in [4.69, 9.17) is 0 Å². The third-order valence-corrected chi connectivity index (χ3v) is 4.97. The number of aryl methyl sites for hydroxylation is 2. The first-order valence-electron chi connectivity index (χ1n) is 7.78. The van der Waals surface area contributed by atoms with Gasteiger partial charge < -0.3 is 9.88 Å². The molecule has 3 heteroatoms. The molecule has 0 amide bonds. The monoisotopic (exact) mass is 271 g/mol. The average molecular weight is 271 g/mol. The molecule has 3 nitrogen and oxygen atoms in total. The molecule has 1 aromatic carbocycles. The highest BCUT2D eigenvalue weighted by atomic mass is 15.1. The standard InChI is InChI=1S/C17H25N3/c1-12-8-15-17(9-13(12)2)20(11-19-15)10-16(18-3)14-6-4-5-7-14/h8-9,11,14,16,18H,4-7,10H2,1-3H3. The summed E-state index contributed by atoms with van der Waals surface area (Å²) in [7, 11) is 2.09. The molecule has 1 fully saturated rings. The van der Waals surface area contributed by atoms with Crippen LogP contribution in [0.3, 0.4) is 0 Å². The number of nitrogens with one attached hydrogen (secondary N) is 1. The van der Waals surface area contributed by atoms with Crippen molar-refractivity contribution in [3.63, 3.8) is 0 Å². The van der Waals surface area contributed by atoms with Gasteiger partial charge in [-0.15, -0.1) is 0 Å². The second kappa shape index (κ2) is 5.57. The minimum absolute atomic E-state index is 0.566. The quantitative estimate of drug-likeness (QED) is 0.923. The minimum atomic E-state index is 0.566. The second-order valence-electron chi connectivity index (χ2n) is 6.26. The van der Waals surface area contributed by atoms with Crippen LogP contribution in [0, 0.1) is 19.8 Å². The highest BCUT2D eigenvalue weighted by molar-refractivity contribution is 5.77. The number of hydrogen-bond acceptors (Lipinski definition) is 2. The van der Waals surface area contributed by atoms with Crippen LogP contribution in [0.5, 0.6) is 0 Å². The Labute approximate surface area is 121 Å². The van der Waals surface area contributed by atoms with Crippen LogP contribution in [-0.4, -0.2) is 22.6 Å². The highest BCUT2D eigenvalue weighted by Crippen LogP contribution is 2.29. The molecule has 2 aromatic rings. The minimum Gasteiger partial charge on any atom is -0.329 e. The van der Waals surface area contributed by atoms with Crippen LogP contribution >= 0.6 is 0 Å². The van der Waals surface area contributed by atoms with E-state index in [1.165, 1.54) is 42.3 Å². The SMILES string of the molecule is CNC(Cn1cnc2cc(C)c(C)cc21)C1CCCC1. The molecular formula is C17H25N3. The number of likely N-dealkylation sites (N-methyl/N-ethyl adjacent to an activating group) is 1. The maximum Gasteiger partial charge on any atom is 0.0958 e. The van der Waals surface area contributed by atoms with Crippen molar-refractivity contribution < 1.29 is 0 Å². The van der Waals surface area contributed by atoms with Crippen LogP contribution in [0.1, 0.15) is 36.8 Å². The third kappa shape index (κ3) is 2.47. The largest absolute Gasteiger partial charge is 0.329 e. The van der Waals surface area contributed by atoms with Gasteiger partial charge in [0.15, 0.2) is 0 Å². The molecule has 0 aliphatic heterocycles. The highest BCUT2D eigenvalue weighted by Gasteiger charge is 2.24. The van der Waals surface area contributed by atoms with E-state index in [1.807, 2.05) is 6.33 Å². The summed E-state index contributed by atoms with van der Waals surface area (Å²) in [6.07, 6.45) is 7.53. The van der Waals surface area contributed by atoms with Crippen molar-refractivity contribution in [1.29, 1.82) is 0 Å². The van der Waals surface area contributed by atoms with Crippen molar-refractivity contribution in [2.45, 2.75) is 52.1 Å². The fraction of sp³-hybridized carbons (Fsp3) is 0.588. The Hall–Kier alpha value is -1.35. The maximum absolute atomic E-state index is 4.57. The molecule has 1 aliphatic rings. The van der Waals surface area contributed by atoms with E-state index >= 15 is 0 Å². The Kier molecular flexibility index (Phi) is 3.79. The molecule has 0 bridgehead atoms. The average Bonchev–Trinajstić information content (AvgIpc) is 3.07. The molecule has 1 aromatic heterocycles. The summed E-state index contributed by atoms with van der Waals surface area (Å²) in [5.74, 6) is 0.823. The van der Waals surface area contributed by atoms with Crippen molar-refractivity contribution in [2.75, 3.05) is 7.05 Å². The molecular weight excluding hydrogens is 246 g/mol. The van der Waals surface area contributed by atoms with Crippen LogP contribution in [-0.2, 0) is 6.54 Å². The van der Waals surface area contributed by atoms with E-state index in [0.29, 0.717) is 6.04 Å². The van der Waals surface area contributed by atoms with Crippen molar-refractivity contribution in [1.82, 2.24) is 14.9 Å². The van der Waals surface area contributed by atoms with E-state index in [9.17, 15) is 0 Å². The fourth-order valence-corrected chi connectivity index (χ4v) is 3.51. The number of hydrogen-bond donors (Lipinski definition) is 1. The molecule has 0 radical (unpaired) electrons. The molecule has 20 heavy (non-hydrogen) atoms. The Morgan fingerprint density at radius 3 is 2.65 bits per heavy atom. The molecule has 0 saturated heterocycles. The van der Waals surface area contributed by atoms with Crippen LogP contribution in [0.15, 0.2) is 18.5 Å². The number of aromatic nitrogens is 2. The van der Waals surface area contributed by atoms with Gasteiger partial charge in [0.1, 0.15) is 0 Å². The zero-order valence-electron chi connectivity index (χ0n) is 12.8. The van der Waals surface area contributed by atoms with E-state index < -0.39 is 0 Å². The number of rotatable bonds is 4. The summed E-state index contributed by atoms with van der Waals surface area (Å²) < 4.78 is 2.32. The Bertz CT molecular complexity index is 594. The molecule has 1 heterocycles. The third-order valence-electron chi connectivity index (χ3n) is 4.97. The summed E-state index contributed by atoms with van der Waals surface area (Å²) in [6, 6.07) is 5.04. The van der Waals surface area contributed by atoms with Crippen molar-refractivity contribution >= 4 is 11.0 Å². The van der Waals surface area contributed by atoms with E-state index in [2.05, 4.69) is 47.9 Å². The first-order valence-corrected chi connectivity index (χ1v) is 7.78. The van der Waals surface area contributed by atoms with Gasteiger partial charge in [-0.3, -0.25) is 0 Å². The van der Waals surface area contributed by atoms with Crippen LogP contribution in [0.2, 0.25) is 0 Å². The van der Waals surface area contributed by atoms with Gasteiger partial charge in [-0.1, -0.05) is 12.8 Å². The predicted molar refractivity (Wildman–Crippen MR) is 84.0 cm³/mol. The lowest BCUT2D eigenvalue weighted by Crippen LogP contribution is -2.36. The zero-order chi connectivity index (χ0) is 14.1. The number of fused-ring (bicyclic) bond motifs is 1. The van der Waals surface area contributed by atoms with Gasteiger partial charge in [0.2, 0.25) is 0 Å². The van der Waals surface area contributed by atoms with Crippen molar-refractivity contribution in [3.05, 3.63) is 29.6 Å². The Balaban J connectivity index is 1.87. The summed E-state index contributed by atoms with van der Waals surface area (Å²) >= 11 is 0. The molecule has 1 unspecified atom stereocenters. The first kappa shape index (κ1) is 13.6. The van der Waals surface area contributed by atoms with E-state index in [-0.39, 0.29) is 0 Å². The van der Waals surface area contributed by atoms with Gasteiger partial charge in [0.25, 0.3) is 0 Å². The Morgan fingerprint density at radius 1 is 1.25 bits per heavy atom. The summed E-state index contributed by atoms with van der Waals surface area (Å²) in [5.41, 5.74) is 5.06. The van der Waals surface area contributed by atoms with Gasteiger partial charge >= 0.3 is 0 Å². The molecule has 108 valence electrons. The van der Waals surface area contributed by atoms with Gasteiger partial charge in [0.05, 0.1) is 17.4 Å².